The summed E-state index contributed by atoms with van der Waals surface area (Å²) in [7, 11) is -9.91. The van der Waals surface area contributed by atoms with Crippen molar-refractivity contribution in [3.63, 3.8) is 0 Å². The molecule has 4 unspecified atom stereocenters. The molecule has 17 nitrogen and oxygen atoms in total. The lowest BCUT2D eigenvalue weighted by atomic mass is 10.00. The van der Waals surface area contributed by atoms with Crippen LogP contribution in [0.15, 0.2) is 0 Å². The van der Waals surface area contributed by atoms with Gasteiger partial charge in [0, 0.05) is 25.7 Å². The maximum Gasteiger partial charge on any atom is 0.472 e. The summed E-state index contributed by atoms with van der Waals surface area (Å²) in [5.74, 6) is 0.901. The number of rotatable bonds is 71. The van der Waals surface area contributed by atoms with Gasteiger partial charge in [0.25, 0.3) is 0 Å². The van der Waals surface area contributed by atoms with E-state index in [9.17, 15) is 43.2 Å². The summed E-state index contributed by atoms with van der Waals surface area (Å²) in [6.07, 6.45) is 47.3. The average Bonchev–Trinajstić information content (AvgIpc) is 2.28. The van der Waals surface area contributed by atoms with Crippen molar-refractivity contribution in [2.24, 2.45) is 23.7 Å². The molecule has 0 heterocycles. The molecule has 0 aliphatic carbocycles. The average molecular weight is 1370 g/mol. The van der Waals surface area contributed by atoms with E-state index in [4.69, 9.17) is 37.0 Å². The van der Waals surface area contributed by atoms with Gasteiger partial charge in [-0.2, -0.15) is 0 Å². The Hall–Kier alpha value is -1.94. The standard InChI is InChI=1S/C74H144O17P2/c1-9-66(7)52-44-36-30-32-39-47-55-72(77)85-61-69(90-73(78)56-48-40-29-25-21-17-19-23-27-35-43-51-65(5)6)62-88-92(80,81)86-58-68(75)59-87-93(82,83)89-63-70(91-74(79)57-49-41-33-31-37-45-53-67(8)10-2)60-84-71(76)54-46-38-28-24-20-16-14-12-11-13-15-18-22-26-34-42-50-64(3)4/h64-70,75H,9-63H2,1-8H3,(H,80,81)(H,82,83)/t66?,67?,68-,69+,70+/m0/s1. The maximum atomic E-state index is 13.0. The Bertz CT molecular complexity index is 1840. The molecule has 0 aliphatic rings. The van der Waals surface area contributed by atoms with Crippen LogP contribution in [0.4, 0.5) is 0 Å². The molecule has 7 atom stereocenters. The third-order valence-electron chi connectivity index (χ3n) is 17.8. The zero-order chi connectivity index (χ0) is 68.9. The highest BCUT2D eigenvalue weighted by molar-refractivity contribution is 7.47. The second-order valence-corrected chi connectivity index (χ2v) is 31.0. The van der Waals surface area contributed by atoms with Crippen LogP contribution in [0.3, 0.4) is 0 Å². The molecule has 93 heavy (non-hydrogen) atoms. The Kier molecular flexibility index (Phi) is 62.2. The molecule has 552 valence electrons. The van der Waals surface area contributed by atoms with Gasteiger partial charge in [0.15, 0.2) is 12.2 Å². The largest absolute Gasteiger partial charge is 0.472 e. The Morgan fingerprint density at radius 1 is 0.301 bits per heavy atom. The number of hydrogen-bond acceptors (Lipinski definition) is 15. The highest BCUT2D eigenvalue weighted by Crippen LogP contribution is 2.45. The zero-order valence-corrected chi connectivity index (χ0v) is 62.7. The van der Waals surface area contributed by atoms with Gasteiger partial charge in [-0.05, 0) is 49.4 Å². The van der Waals surface area contributed by atoms with Crippen LogP contribution in [-0.2, 0) is 65.4 Å². The number of carbonyl (C=O) groups is 4. The third kappa shape index (κ3) is 65.8. The van der Waals surface area contributed by atoms with E-state index in [0.717, 1.165) is 120 Å². The summed E-state index contributed by atoms with van der Waals surface area (Å²) in [5, 5.41) is 10.6. The second kappa shape index (κ2) is 63.5. The van der Waals surface area contributed by atoms with Crippen LogP contribution in [-0.4, -0.2) is 96.7 Å². The number of carbonyl (C=O) groups excluding carboxylic acids is 4. The van der Waals surface area contributed by atoms with Crippen molar-refractivity contribution >= 4 is 39.5 Å². The summed E-state index contributed by atoms with van der Waals surface area (Å²) in [6.45, 7) is 14.1. The van der Waals surface area contributed by atoms with E-state index in [1.54, 1.807) is 0 Å². The number of hydrogen-bond donors (Lipinski definition) is 3. The fourth-order valence-corrected chi connectivity index (χ4v) is 12.7. The van der Waals surface area contributed by atoms with E-state index in [1.807, 2.05) is 0 Å². The van der Waals surface area contributed by atoms with Crippen molar-refractivity contribution in [2.75, 3.05) is 39.6 Å². The normalized spacial score (nSPS) is 14.8. The molecule has 0 bridgehead atoms. The van der Waals surface area contributed by atoms with Gasteiger partial charge >= 0.3 is 39.5 Å². The fraction of sp³-hybridized carbons (Fsp3) is 0.946. The summed E-state index contributed by atoms with van der Waals surface area (Å²) in [6, 6.07) is 0. The highest BCUT2D eigenvalue weighted by atomic mass is 31.2. The van der Waals surface area contributed by atoms with Gasteiger partial charge < -0.3 is 33.8 Å². The van der Waals surface area contributed by atoms with E-state index in [-0.39, 0.29) is 25.7 Å². The molecular formula is C74H144O17P2. The lowest BCUT2D eigenvalue weighted by Crippen LogP contribution is -2.30. The number of unbranched alkanes of at least 4 members (excludes halogenated alkanes) is 35. The van der Waals surface area contributed by atoms with Crippen LogP contribution in [0, 0.1) is 23.7 Å². The first-order valence-electron chi connectivity index (χ1n) is 38.3. The first-order chi connectivity index (χ1) is 44.7. The van der Waals surface area contributed by atoms with Gasteiger partial charge in [0.05, 0.1) is 26.4 Å². The minimum atomic E-state index is -4.95. The van der Waals surface area contributed by atoms with Crippen LogP contribution in [0.5, 0.6) is 0 Å². The maximum absolute atomic E-state index is 13.0. The minimum absolute atomic E-state index is 0.103. The monoisotopic (exact) mass is 1370 g/mol. The van der Waals surface area contributed by atoms with Gasteiger partial charge in [-0.15, -0.1) is 0 Å². The lowest BCUT2D eigenvalue weighted by molar-refractivity contribution is -0.161. The molecule has 0 spiro atoms. The second-order valence-electron chi connectivity index (χ2n) is 28.1. The van der Waals surface area contributed by atoms with Crippen molar-refractivity contribution in [1.29, 1.82) is 0 Å². The Morgan fingerprint density at radius 2 is 0.516 bits per heavy atom. The SMILES string of the molecule is CCC(C)CCCCCCCCC(=O)OC[C@H](COP(=O)(O)OC[C@H](O)COP(=O)(O)OC[C@@H](COC(=O)CCCCCCCCCCCCCCCCCCC(C)C)OC(=O)CCCCCCCCC(C)CC)OC(=O)CCCCCCCCCCCCCC(C)C. The zero-order valence-electron chi connectivity index (χ0n) is 60.9. The molecule has 3 N–H and O–H groups in total. The van der Waals surface area contributed by atoms with E-state index < -0.39 is 97.5 Å². The van der Waals surface area contributed by atoms with Gasteiger partial charge in [0.1, 0.15) is 19.3 Å². The van der Waals surface area contributed by atoms with Gasteiger partial charge in [-0.1, -0.05) is 319 Å². The molecule has 0 fully saturated rings. The van der Waals surface area contributed by atoms with Crippen LogP contribution >= 0.6 is 15.6 Å². The molecule has 0 aromatic heterocycles. The molecule has 0 aliphatic heterocycles. The summed E-state index contributed by atoms with van der Waals surface area (Å²) < 4.78 is 68.4. The molecule has 0 aromatic carbocycles. The number of phosphoric ester groups is 2. The topological polar surface area (TPSA) is 237 Å². The van der Waals surface area contributed by atoms with Crippen LogP contribution in [0.25, 0.3) is 0 Å². The van der Waals surface area contributed by atoms with Crippen molar-refractivity contribution in [3.05, 3.63) is 0 Å². The summed E-state index contributed by atoms with van der Waals surface area (Å²) in [4.78, 5) is 72.7. The number of aliphatic hydroxyl groups is 1. The quantitative estimate of drug-likeness (QED) is 0.0222. The molecule has 0 radical (unpaired) electrons. The smallest absolute Gasteiger partial charge is 0.462 e. The van der Waals surface area contributed by atoms with E-state index >= 15 is 0 Å². The third-order valence-corrected chi connectivity index (χ3v) is 19.7. The fourth-order valence-electron chi connectivity index (χ4n) is 11.1. The number of esters is 4. The van der Waals surface area contributed by atoms with Crippen molar-refractivity contribution in [1.82, 2.24) is 0 Å². The molecular weight excluding hydrogens is 1220 g/mol. The molecule has 0 aromatic rings. The lowest BCUT2D eigenvalue weighted by Gasteiger charge is -2.21. The Labute approximate surface area is 568 Å². The van der Waals surface area contributed by atoms with Gasteiger partial charge in [-0.25, -0.2) is 9.13 Å². The molecule has 0 rings (SSSR count). The Balaban J connectivity index is 5.19. The van der Waals surface area contributed by atoms with Crippen LogP contribution in [0.1, 0.15) is 370 Å². The number of aliphatic hydroxyl groups excluding tert-OH is 1. The van der Waals surface area contributed by atoms with Gasteiger partial charge in [0.2, 0.25) is 0 Å². The number of ether oxygens (including phenoxy) is 4. The first-order valence-corrected chi connectivity index (χ1v) is 41.3. The van der Waals surface area contributed by atoms with Crippen molar-refractivity contribution in [3.8, 4) is 0 Å². The van der Waals surface area contributed by atoms with E-state index in [1.165, 1.54) is 167 Å². The first kappa shape index (κ1) is 91.1. The molecule has 0 saturated carbocycles. The molecule has 0 amide bonds. The van der Waals surface area contributed by atoms with E-state index in [2.05, 4.69) is 55.4 Å². The Morgan fingerprint density at radius 3 is 0.763 bits per heavy atom. The summed E-state index contributed by atoms with van der Waals surface area (Å²) in [5.41, 5.74) is 0. The van der Waals surface area contributed by atoms with Crippen LogP contribution in [0.2, 0.25) is 0 Å². The molecule has 19 heteroatoms. The highest BCUT2D eigenvalue weighted by Gasteiger charge is 2.30. The predicted octanol–water partition coefficient (Wildman–Crippen LogP) is 21.3. The van der Waals surface area contributed by atoms with Crippen LogP contribution < -0.4 is 0 Å². The predicted molar refractivity (Wildman–Crippen MR) is 377 cm³/mol. The van der Waals surface area contributed by atoms with Crippen molar-refractivity contribution in [2.45, 2.75) is 388 Å². The summed E-state index contributed by atoms with van der Waals surface area (Å²) >= 11 is 0. The minimum Gasteiger partial charge on any atom is -0.462 e. The molecule has 0 saturated heterocycles. The number of phosphoric acid groups is 2. The van der Waals surface area contributed by atoms with E-state index in [0.29, 0.717) is 25.7 Å². The van der Waals surface area contributed by atoms with Crippen molar-refractivity contribution < 1.29 is 80.2 Å². The van der Waals surface area contributed by atoms with Gasteiger partial charge in [-0.3, -0.25) is 37.3 Å².